The second-order valence-corrected chi connectivity index (χ2v) is 6.41. The number of furan rings is 1. The van der Waals surface area contributed by atoms with Gasteiger partial charge in [0.1, 0.15) is 11.5 Å². The van der Waals surface area contributed by atoms with Gasteiger partial charge >= 0.3 is 0 Å². The third-order valence-corrected chi connectivity index (χ3v) is 4.76. The average Bonchev–Trinajstić information content (AvgIpc) is 3.24. The number of rotatable bonds is 3. The van der Waals surface area contributed by atoms with Gasteiger partial charge in [-0.2, -0.15) is 0 Å². The van der Waals surface area contributed by atoms with Crippen molar-refractivity contribution in [3.63, 3.8) is 0 Å². The predicted molar refractivity (Wildman–Crippen MR) is 87.6 cm³/mol. The number of amides is 2. The van der Waals surface area contributed by atoms with Crippen LogP contribution in [-0.4, -0.2) is 47.8 Å². The molecule has 2 amide bonds. The van der Waals surface area contributed by atoms with Crippen molar-refractivity contribution in [2.75, 3.05) is 26.2 Å². The minimum atomic E-state index is -0.0213. The second-order valence-electron chi connectivity index (χ2n) is 6.41. The molecule has 1 aromatic rings. The van der Waals surface area contributed by atoms with Gasteiger partial charge in [-0.1, -0.05) is 12.8 Å². The molecule has 0 bridgehead atoms. The maximum atomic E-state index is 12.4. The fourth-order valence-electron chi connectivity index (χ4n) is 3.38. The lowest BCUT2D eigenvalue weighted by Gasteiger charge is -2.35. The lowest BCUT2D eigenvalue weighted by atomic mass is 10.1. The summed E-state index contributed by atoms with van der Waals surface area (Å²) in [5, 5.41) is 0. The zero-order chi connectivity index (χ0) is 16.2. The Labute approximate surface area is 136 Å². The van der Waals surface area contributed by atoms with Gasteiger partial charge in [-0.15, -0.1) is 0 Å². The first-order chi connectivity index (χ1) is 11.1. The largest absolute Gasteiger partial charge is 0.462 e. The summed E-state index contributed by atoms with van der Waals surface area (Å²) in [6.07, 6.45) is 7.66. The average molecular weight is 316 g/mol. The van der Waals surface area contributed by atoms with Gasteiger partial charge in [0.05, 0.1) is 0 Å². The maximum Gasteiger partial charge on any atom is 0.246 e. The second kappa shape index (κ2) is 7.02. The van der Waals surface area contributed by atoms with E-state index in [-0.39, 0.29) is 17.7 Å². The van der Waals surface area contributed by atoms with Crippen molar-refractivity contribution < 1.29 is 14.0 Å². The molecule has 23 heavy (non-hydrogen) atoms. The lowest BCUT2D eigenvalue weighted by Crippen LogP contribution is -2.51. The van der Waals surface area contributed by atoms with Crippen LogP contribution in [0.5, 0.6) is 0 Å². The summed E-state index contributed by atoms with van der Waals surface area (Å²) in [6.45, 7) is 4.39. The highest BCUT2D eigenvalue weighted by atomic mass is 16.3. The molecule has 1 aromatic heterocycles. The molecule has 0 unspecified atom stereocenters. The van der Waals surface area contributed by atoms with E-state index in [1.807, 2.05) is 24.0 Å². The van der Waals surface area contributed by atoms with Gasteiger partial charge in [-0.05, 0) is 38.0 Å². The maximum absolute atomic E-state index is 12.4. The molecule has 2 fully saturated rings. The van der Waals surface area contributed by atoms with Gasteiger partial charge in [0.15, 0.2) is 0 Å². The first-order valence-corrected chi connectivity index (χ1v) is 8.46. The van der Waals surface area contributed by atoms with Gasteiger partial charge < -0.3 is 14.2 Å². The molecule has 0 radical (unpaired) electrons. The first-order valence-electron chi connectivity index (χ1n) is 8.46. The van der Waals surface area contributed by atoms with E-state index in [1.54, 1.807) is 17.1 Å². The van der Waals surface area contributed by atoms with E-state index in [9.17, 15) is 9.59 Å². The van der Waals surface area contributed by atoms with Crippen LogP contribution in [-0.2, 0) is 9.59 Å². The summed E-state index contributed by atoms with van der Waals surface area (Å²) in [5.41, 5.74) is 0. The summed E-state index contributed by atoms with van der Waals surface area (Å²) in [4.78, 5) is 28.3. The molecule has 1 saturated heterocycles. The Morgan fingerprint density at radius 3 is 2.35 bits per heavy atom. The molecule has 0 N–H and O–H groups in total. The molecule has 2 heterocycles. The van der Waals surface area contributed by atoms with Crippen molar-refractivity contribution in [3.05, 3.63) is 29.7 Å². The van der Waals surface area contributed by atoms with Gasteiger partial charge in [0.2, 0.25) is 11.8 Å². The van der Waals surface area contributed by atoms with E-state index in [0.717, 1.165) is 18.6 Å². The smallest absolute Gasteiger partial charge is 0.246 e. The van der Waals surface area contributed by atoms with Crippen LogP contribution >= 0.6 is 0 Å². The highest BCUT2D eigenvalue weighted by Gasteiger charge is 2.30. The number of piperazine rings is 1. The summed E-state index contributed by atoms with van der Waals surface area (Å²) in [7, 11) is 0. The van der Waals surface area contributed by atoms with E-state index < -0.39 is 0 Å². The Hall–Kier alpha value is -2.04. The summed E-state index contributed by atoms with van der Waals surface area (Å²) in [6, 6.07) is 3.72. The van der Waals surface area contributed by atoms with Crippen LogP contribution in [0.3, 0.4) is 0 Å². The molecular formula is C18H24N2O3. The SMILES string of the molecule is Cc1ccc(/C=C\C(=O)N2CCN(C(=O)C3CCCC3)CC2)o1. The molecule has 2 aliphatic rings. The van der Waals surface area contributed by atoms with Crippen molar-refractivity contribution in [2.24, 2.45) is 5.92 Å². The molecule has 0 spiro atoms. The van der Waals surface area contributed by atoms with Crippen molar-refractivity contribution >= 4 is 17.9 Å². The Morgan fingerprint density at radius 1 is 1.09 bits per heavy atom. The van der Waals surface area contributed by atoms with E-state index in [2.05, 4.69) is 0 Å². The molecule has 0 atom stereocenters. The zero-order valence-corrected chi connectivity index (χ0v) is 13.7. The van der Waals surface area contributed by atoms with Crippen LogP contribution in [0.2, 0.25) is 0 Å². The van der Waals surface area contributed by atoms with E-state index in [1.165, 1.54) is 12.8 Å². The third-order valence-electron chi connectivity index (χ3n) is 4.76. The van der Waals surface area contributed by atoms with Crippen LogP contribution in [0, 0.1) is 12.8 Å². The van der Waals surface area contributed by atoms with Crippen molar-refractivity contribution in [2.45, 2.75) is 32.6 Å². The fourth-order valence-corrected chi connectivity index (χ4v) is 3.38. The molecule has 124 valence electrons. The fraction of sp³-hybridized carbons (Fsp3) is 0.556. The number of hydrogen-bond acceptors (Lipinski definition) is 3. The highest BCUT2D eigenvalue weighted by molar-refractivity contribution is 5.91. The zero-order valence-electron chi connectivity index (χ0n) is 13.7. The molecule has 1 aliphatic carbocycles. The monoisotopic (exact) mass is 316 g/mol. The van der Waals surface area contributed by atoms with Crippen LogP contribution in [0.1, 0.15) is 37.2 Å². The lowest BCUT2D eigenvalue weighted by molar-refractivity contribution is -0.140. The Morgan fingerprint density at radius 2 is 1.74 bits per heavy atom. The summed E-state index contributed by atoms with van der Waals surface area (Å²) in [5.74, 6) is 2.00. The van der Waals surface area contributed by atoms with Crippen molar-refractivity contribution in [3.8, 4) is 0 Å². The van der Waals surface area contributed by atoms with Crippen LogP contribution in [0.4, 0.5) is 0 Å². The van der Waals surface area contributed by atoms with Crippen LogP contribution < -0.4 is 0 Å². The van der Waals surface area contributed by atoms with Crippen LogP contribution in [0.15, 0.2) is 22.6 Å². The third kappa shape index (κ3) is 3.84. The standard InChI is InChI=1S/C18H24N2O3/c1-14-6-7-16(23-14)8-9-17(21)19-10-12-20(13-11-19)18(22)15-4-2-3-5-15/h6-9,15H,2-5,10-13H2,1H3/b9-8-. The quantitative estimate of drug-likeness (QED) is 0.805. The Bertz CT molecular complexity index is 591. The van der Waals surface area contributed by atoms with Crippen LogP contribution in [0.25, 0.3) is 6.08 Å². The highest BCUT2D eigenvalue weighted by Crippen LogP contribution is 2.26. The summed E-state index contributed by atoms with van der Waals surface area (Å²) >= 11 is 0. The van der Waals surface area contributed by atoms with E-state index >= 15 is 0 Å². The minimum absolute atomic E-state index is 0.0213. The Balaban J connectivity index is 1.49. The molecule has 5 nitrogen and oxygen atoms in total. The predicted octanol–water partition coefficient (Wildman–Crippen LogP) is 2.46. The molecule has 3 rings (SSSR count). The topological polar surface area (TPSA) is 53.8 Å². The number of hydrogen-bond donors (Lipinski definition) is 0. The van der Waals surface area contributed by atoms with Crippen molar-refractivity contribution in [1.82, 2.24) is 9.80 Å². The Kier molecular flexibility index (Phi) is 4.84. The molecular weight excluding hydrogens is 292 g/mol. The first kappa shape index (κ1) is 15.8. The number of carbonyl (C=O) groups excluding carboxylic acids is 2. The van der Waals surface area contributed by atoms with Gasteiger partial charge in [-0.3, -0.25) is 9.59 Å². The van der Waals surface area contributed by atoms with E-state index in [0.29, 0.717) is 31.9 Å². The van der Waals surface area contributed by atoms with Gasteiger partial charge in [0, 0.05) is 38.2 Å². The normalized spacial score (nSPS) is 19.7. The number of carbonyl (C=O) groups is 2. The molecule has 1 aliphatic heterocycles. The molecule has 0 aromatic carbocycles. The summed E-state index contributed by atoms with van der Waals surface area (Å²) < 4.78 is 5.42. The van der Waals surface area contributed by atoms with E-state index in [4.69, 9.17) is 4.42 Å². The molecule has 1 saturated carbocycles. The van der Waals surface area contributed by atoms with Gasteiger partial charge in [0.25, 0.3) is 0 Å². The number of nitrogens with zero attached hydrogens (tertiary/aromatic N) is 2. The minimum Gasteiger partial charge on any atom is -0.462 e. The van der Waals surface area contributed by atoms with Gasteiger partial charge in [-0.25, -0.2) is 0 Å². The molecule has 5 heteroatoms. The number of aryl methyl sites for hydroxylation is 1. The van der Waals surface area contributed by atoms with Crippen molar-refractivity contribution in [1.29, 1.82) is 0 Å².